The number of rotatable bonds is 7. The summed E-state index contributed by atoms with van der Waals surface area (Å²) in [5.41, 5.74) is 0. The highest BCUT2D eigenvalue weighted by Gasteiger charge is 2.27. The Hall–Kier alpha value is -2.08. The molecule has 92 valence electrons. The van der Waals surface area contributed by atoms with E-state index in [0.717, 1.165) is 0 Å². The van der Waals surface area contributed by atoms with E-state index < -0.39 is 17.9 Å². The van der Waals surface area contributed by atoms with E-state index >= 15 is 0 Å². The maximum atomic E-state index is 11.4. The van der Waals surface area contributed by atoms with Crippen molar-refractivity contribution in [1.82, 2.24) is 0 Å². The first-order valence-corrected chi connectivity index (χ1v) is 5.24. The van der Waals surface area contributed by atoms with Crippen molar-refractivity contribution in [3.63, 3.8) is 0 Å². The Morgan fingerprint density at radius 3 is 1.76 bits per heavy atom. The zero-order chi connectivity index (χ0) is 13.1. The molecule has 0 aromatic carbocycles. The number of nitriles is 2. The standard InChI is InChI=1S/C11H14N2O4/c1-2-9(10(14)16-7-3-5-12)11(15)17-8-4-6-13/h9H,2-4,7-8H2,1H3. The van der Waals surface area contributed by atoms with E-state index in [1.807, 2.05) is 12.1 Å². The van der Waals surface area contributed by atoms with Crippen LogP contribution in [0, 0.1) is 28.6 Å². The van der Waals surface area contributed by atoms with Gasteiger partial charge in [0.05, 0.1) is 25.0 Å². The summed E-state index contributed by atoms with van der Waals surface area (Å²) >= 11 is 0. The van der Waals surface area contributed by atoms with Crippen LogP contribution in [0.3, 0.4) is 0 Å². The highest BCUT2D eigenvalue weighted by Crippen LogP contribution is 2.08. The number of carbonyl (C=O) groups excluding carboxylic acids is 2. The third-order valence-electron chi connectivity index (χ3n) is 1.89. The van der Waals surface area contributed by atoms with E-state index in [1.165, 1.54) is 0 Å². The highest BCUT2D eigenvalue weighted by molar-refractivity contribution is 5.94. The van der Waals surface area contributed by atoms with Gasteiger partial charge in [-0.1, -0.05) is 6.92 Å². The lowest BCUT2D eigenvalue weighted by molar-refractivity contribution is -0.162. The Morgan fingerprint density at radius 1 is 1.06 bits per heavy atom. The van der Waals surface area contributed by atoms with Gasteiger partial charge in [-0.3, -0.25) is 9.59 Å². The van der Waals surface area contributed by atoms with Crippen molar-refractivity contribution >= 4 is 11.9 Å². The smallest absolute Gasteiger partial charge is 0.320 e. The second-order valence-corrected chi connectivity index (χ2v) is 3.11. The molecule has 6 heteroatoms. The highest BCUT2D eigenvalue weighted by atomic mass is 16.6. The van der Waals surface area contributed by atoms with Gasteiger partial charge >= 0.3 is 11.9 Å². The summed E-state index contributed by atoms with van der Waals surface area (Å²) in [5.74, 6) is -2.36. The Labute approximate surface area is 99.7 Å². The molecule has 0 saturated heterocycles. The molecule has 0 aliphatic rings. The van der Waals surface area contributed by atoms with Crippen LogP contribution in [0.1, 0.15) is 26.2 Å². The van der Waals surface area contributed by atoms with Gasteiger partial charge in [-0.15, -0.1) is 0 Å². The first-order valence-electron chi connectivity index (χ1n) is 5.24. The van der Waals surface area contributed by atoms with Gasteiger partial charge in [0.1, 0.15) is 13.2 Å². The van der Waals surface area contributed by atoms with E-state index in [0.29, 0.717) is 0 Å². The molecule has 0 heterocycles. The third-order valence-corrected chi connectivity index (χ3v) is 1.89. The van der Waals surface area contributed by atoms with Crippen LogP contribution in [-0.4, -0.2) is 25.2 Å². The van der Waals surface area contributed by atoms with Crippen molar-refractivity contribution in [3.05, 3.63) is 0 Å². The lowest BCUT2D eigenvalue weighted by Gasteiger charge is -2.12. The van der Waals surface area contributed by atoms with E-state index in [-0.39, 0.29) is 32.5 Å². The van der Waals surface area contributed by atoms with Gasteiger partial charge in [0.15, 0.2) is 5.92 Å². The molecular formula is C11H14N2O4. The van der Waals surface area contributed by atoms with Gasteiger partial charge in [-0.2, -0.15) is 10.5 Å². The van der Waals surface area contributed by atoms with Crippen molar-refractivity contribution < 1.29 is 19.1 Å². The average Bonchev–Trinajstić information content (AvgIpc) is 2.30. The number of hydrogen-bond acceptors (Lipinski definition) is 6. The first-order chi connectivity index (χ1) is 8.17. The molecule has 0 atom stereocenters. The summed E-state index contributed by atoms with van der Waals surface area (Å²) in [5, 5.41) is 16.5. The van der Waals surface area contributed by atoms with Crippen LogP contribution >= 0.6 is 0 Å². The van der Waals surface area contributed by atoms with Crippen LogP contribution in [0.4, 0.5) is 0 Å². The summed E-state index contributed by atoms with van der Waals surface area (Å²) < 4.78 is 9.47. The van der Waals surface area contributed by atoms with Crippen LogP contribution in [0.5, 0.6) is 0 Å². The first kappa shape index (κ1) is 14.9. The second kappa shape index (κ2) is 9.17. The second-order valence-electron chi connectivity index (χ2n) is 3.11. The summed E-state index contributed by atoms with van der Waals surface area (Å²) in [4.78, 5) is 22.9. The Bertz CT molecular complexity index is 308. The zero-order valence-electron chi connectivity index (χ0n) is 9.64. The fraction of sp³-hybridized carbons (Fsp3) is 0.636. The number of nitrogens with zero attached hydrogens (tertiary/aromatic N) is 2. The molecule has 0 unspecified atom stereocenters. The fourth-order valence-corrected chi connectivity index (χ4v) is 1.03. The maximum Gasteiger partial charge on any atom is 0.320 e. The Balaban J connectivity index is 4.12. The minimum atomic E-state index is -0.979. The normalized spacial score (nSPS) is 9.18. The zero-order valence-corrected chi connectivity index (χ0v) is 9.64. The summed E-state index contributed by atoms with van der Waals surface area (Å²) in [7, 11) is 0. The van der Waals surface area contributed by atoms with Crippen molar-refractivity contribution in [2.45, 2.75) is 26.2 Å². The molecule has 0 N–H and O–H groups in total. The van der Waals surface area contributed by atoms with Crippen LogP contribution in [-0.2, 0) is 19.1 Å². The van der Waals surface area contributed by atoms with Crippen molar-refractivity contribution in [2.24, 2.45) is 5.92 Å². The molecule has 0 aromatic rings. The maximum absolute atomic E-state index is 11.4. The molecule has 0 rings (SSSR count). The Kier molecular flexibility index (Phi) is 8.05. The van der Waals surface area contributed by atoms with Gasteiger partial charge < -0.3 is 9.47 Å². The van der Waals surface area contributed by atoms with Gasteiger partial charge in [-0.05, 0) is 6.42 Å². The van der Waals surface area contributed by atoms with Crippen LogP contribution < -0.4 is 0 Å². The van der Waals surface area contributed by atoms with Crippen molar-refractivity contribution in [3.8, 4) is 12.1 Å². The van der Waals surface area contributed by atoms with E-state index in [9.17, 15) is 9.59 Å². The molecule has 17 heavy (non-hydrogen) atoms. The van der Waals surface area contributed by atoms with E-state index in [1.54, 1.807) is 6.92 Å². The monoisotopic (exact) mass is 238 g/mol. The predicted octanol–water partition coefficient (Wildman–Crippen LogP) is 0.926. The number of hydrogen-bond donors (Lipinski definition) is 0. The molecule has 0 radical (unpaired) electrons. The molecule has 0 spiro atoms. The van der Waals surface area contributed by atoms with E-state index in [2.05, 4.69) is 0 Å². The predicted molar refractivity (Wildman–Crippen MR) is 56.2 cm³/mol. The quantitative estimate of drug-likeness (QED) is 0.371. The molecule has 0 saturated carbocycles. The molecule has 0 fully saturated rings. The van der Waals surface area contributed by atoms with Crippen LogP contribution in [0.15, 0.2) is 0 Å². The lowest BCUT2D eigenvalue weighted by atomic mass is 10.1. The minimum Gasteiger partial charge on any atom is -0.464 e. The van der Waals surface area contributed by atoms with Crippen LogP contribution in [0.25, 0.3) is 0 Å². The molecule has 0 amide bonds. The van der Waals surface area contributed by atoms with Crippen LogP contribution in [0.2, 0.25) is 0 Å². The Morgan fingerprint density at radius 2 is 1.47 bits per heavy atom. The summed E-state index contributed by atoms with van der Waals surface area (Å²) in [6.07, 6.45) is 0.439. The molecule has 6 nitrogen and oxygen atoms in total. The molecule has 0 aliphatic carbocycles. The largest absolute Gasteiger partial charge is 0.464 e. The molecule has 0 aromatic heterocycles. The number of carbonyl (C=O) groups is 2. The average molecular weight is 238 g/mol. The van der Waals surface area contributed by atoms with Gasteiger partial charge in [0.25, 0.3) is 0 Å². The van der Waals surface area contributed by atoms with Crippen molar-refractivity contribution in [1.29, 1.82) is 10.5 Å². The summed E-state index contributed by atoms with van der Waals surface area (Å²) in [6, 6.07) is 3.64. The number of ether oxygens (including phenoxy) is 2. The minimum absolute atomic E-state index is 0.0304. The molecular weight excluding hydrogens is 224 g/mol. The summed E-state index contributed by atoms with van der Waals surface area (Å²) in [6.45, 7) is 1.59. The number of esters is 2. The van der Waals surface area contributed by atoms with Crippen molar-refractivity contribution in [2.75, 3.05) is 13.2 Å². The molecule has 0 bridgehead atoms. The SMILES string of the molecule is CCC(C(=O)OCCC#N)C(=O)OCCC#N. The lowest BCUT2D eigenvalue weighted by Crippen LogP contribution is -2.28. The molecule has 0 aliphatic heterocycles. The van der Waals surface area contributed by atoms with Gasteiger partial charge in [0, 0.05) is 0 Å². The van der Waals surface area contributed by atoms with E-state index in [4.69, 9.17) is 20.0 Å². The van der Waals surface area contributed by atoms with Gasteiger partial charge in [0.2, 0.25) is 0 Å². The van der Waals surface area contributed by atoms with Gasteiger partial charge in [-0.25, -0.2) is 0 Å². The fourth-order valence-electron chi connectivity index (χ4n) is 1.03. The third kappa shape index (κ3) is 6.16. The topological polar surface area (TPSA) is 100 Å².